The summed E-state index contributed by atoms with van der Waals surface area (Å²) in [4.78, 5) is 19.7. The predicted molar refractivity (Wildman–Crippen MR) is 62.6 cm³/mol. The first-order chi connectivity index (χ1) is 8.15. The fraction of sp³-hybridized carbons (Fsp3) is 0.308. The number of rotatable bonds is 3. The van der Waals surface area contributed by atoms with Crippen LogP contribution in [0.2, 0.25) is 0 Å². The van der Waals surface area contributed by atoms with Gasteiger partial charge in [0.25, 0.3) is 0 Å². The van der Waals surface area contributed by atoms with Gasteiger partial charge in [-0.3, -0.25) is 0 Å². The summed E-state index contributed by atoms with van der Waals surface area (Å²) in [6.07, 6.45) is 1.62. The van der Waals surface area contributed by atoms with Gasteiger partial charge in [0, 0.05) is 0 Å². The molecule has 0 saturated carbocycles. The number of carbonyl (C=O) groups excluding carboxylic acids is 1. The van der Waals surface area contributed by atoms with Crippen LogP contribution in [-0.2, 0) is 12.8 Å². The molecule has 4 nitrogen and oxygen atoms in total. The third-order valence-corrected chi connectivity index (χ3v) is 2.72. The van der Waals surface area contributed by atoms with Crippen molar-refractivity contribution in [3.8, 4) is 0 Å². The Morgan fingerprint density at radius 1 is 1.12 bits per heavy atom. The largest absolute Gasteiger partial charge is 0.545 e. The van der Waals surface area contributed by atoms with Gasteiger partial charge in [-0.25, -0.2) is 9.97 Å². The van der Waals surface area contributed by atoms with E-state index in [1.807, 2.05) is 13.8 Å². The fourth-order valence-corrected chi connectivity index (χ4v) is 1.82. The van der Waals surface area contributed by atoms with E-state index >= 15 is 0 Å². The zero-order valence-electron chi connectivity index (χ0n) is 9.86. The average Bonchev–Trinajstić information content (AvgIpc) is 2.36. The summed E-state index contributed by atoms with van der Waals surface area (Å²) in [7, 11) is 0. The number of aryl methyl sites for hydroxylation is 2. The summed E-state index contributed by atoms with van der Waals surface area (Å²) in [5, 5.41) is 10.8. The molecule has 0 amide bonds. The highest BCUT2D eigenvalue weighted by atomic mass is 16.4. The number of aromatic carboxylic acids is 1. The molecule has 4 heteroatoms. The van der Waals surface area contributed by atoms with Crippen LogP contribution < -0.4 is 5.11 Å². The van der Waals surface area contributed by atoms with Gasteiger partial charge in [0.15, 0.2) is 0 Å². The van der Waals surface area contributed by atoms with Crippen molar-refractivity contribution in [1.82, 2.24) is 9.97 Å². The number of carboxylic acids is 1. The highest BCUT2D eigenvalue weighted by molar-refractivity contribution is 5.90. The molecule has 1 aromatic carbocycles. The minimum atomic E-state index is -1.19. The van der Waals surface area contributed by atoms with Crippen LogP contribution in [0.25, 0.3) is 11.0 Å². The third-order valence-electron chi connectivity index (χ3n) is 2.72. The first-order valence-electron chi connectivity index (χ1n) is 5.66. The maximum absolute atomic E-state index is 10.8. The van der Waals surface area contributed by atoms with Crippen LogP contribution in [0.4, 0.5) is 0 Å². The molecule has 0 unspecified atom stereocenters. The van der Waals surface area contributed by atoms with Gasteiger partial charge in [0.05, 0.1) is 28.4 Å². The van der Waals surface area contributed by atoms with Crippen molar-refractivity contribution in [2.24, 2.45) is 0 Å². The van der Waals surface area contributed by atoms with E-state index < -0.39 is 5.97 Å². The van der Waals surface area contributed by atoms with Crippen molar-refractivity contribution < 1.29 is 9.90 Å². The molecule has 1 aromatic heterocycles. The van der Waals surface area contributed by atoms with E-state index in [2.05, 4.69) is 9.97 Å². The van der Waals surface area contributed by atoms with Gasteiger partial charge in [-0.2, -0.15) is 0 Å². The SMILES string of the molecule is CCc1nc2ccc(C(=O)[O-])cc2nc1CC. The zero-order chi connectivity index (χ0) is 12.4. The normalized spacial score (nSPS) is 10.7. The van der Waals surface area contributed by atoms with Crippen LogP contribution in [0.5, 0.6) is 0 Å². The first kappa shape index (κ1) is 11.5. The Morgan fingerprint density at radius 2 is 1.71 bits per heavy atom. The van der Waals surface area contributed by atoms with E-state index in [9.17, 15) is 9.90 Å². The van der Waals surface area contributed by atoms with E-state index in [0.29, 0.717) is 5.52 Å². The molecule has 0 spiro atoms. The highest BCUT2D eigenvalue weighted by Crippen LogP contribution is 2.15. The Morgan fingerprint density at radius 3 is 2.24 bits per heavy atom. The molecule has 0 aliphatic rings. The summed E-state index contributed by atoms with van der Waals surface area (Å²) in [6.45, 7) is 4.04. The van der Waals surface area contributed by atoms with Crippen LogP contribution >= 0.6 is 0 Å². The lowest BCUT2D eigenvalue weighted by molar-refractivity contribution is -0.255. The van der Waals surface area contributed by atoms with Crippen molar-refractivity contribution in [2.45, 2.75) is 26.7 Å². The quantitative estimate of drug-likeness (QED) is 0.791. The summed E-state index contributed by atoms with van der Waals surface area (Å²) in [5.41, 5.74) is 3.37. The Labute approximate surface area is 99.3 Å². The molecule has 1 heterocycles. The van der Waals surface area contributed by atoms with Crippen molar-refractivity contribution in [1.29, 1.82) is 0 Å². The van der Waals surface area contributed by atoms with E-state index in [-0.39, 0.29) is 5.56 Å². The summed E-state index contributed by atoms with van der Waals surface area (Å²) < 4.78 is 0. The maximum Gasteiger partial charge on any atom is 0.0896 e. The van der Waals surface area contributed by atoms with Crippen LogP contribution in [0.3, 0.4) is 0 Å². The fourth-order valence-electron chi connectivity index (χ4n) is 1.82. The van der Waals surface area contributed by atoms with Crippen LogP contribution in [0.1, 0.15) is 35.6 Å². The van der Waals surface area contributed by atoms with Gasteiger partial charge in [-0.1, -0.05) is 19.9 Å². The van der Waals surface area contributed by atoms with Gasteiger partial charge in [-0.15, -0.1) is 0 Å². The topological polar surface area (TPSA) is 65.9 Å². The minimum Gasteiger partial charge on any atom is -0.545 e. The highest BCUT2D eigenvalue weighted by Gasteiger charge is 2.06. The molecule has 0 aliphatic carbocycles. The predicted octanol–water partition coefficient (Wildman–Crippen LogP) is 1.12. The number of benzene rings is 1. The lowest BCUT2D eigenvalue weighted by atomic mass is 10.1. The van der Waals surface area contributed by atoms with Gasteiger partial charge in [-0.05, 0) is 30.5 Å². The molecule has 0 aliphatic heterocycles. The van der Waals surface area contributed by atoms with Crippen molar-refractivity contribution in [2.75, 3.05) is 0 Å². The Kier molecular flexibility index (Phi) is 3.04. The lowest BCUT2D eigenvalue weighted by Gasteiger charge is -2.08. The summed E-state index contributed by atoms with van der Waals surface area (Å²) in [6, 6.07) is 4.68. The molecule has 0 bridgehead atoms. The molecule has 17 heavy (non-hydrogen) atoms. The summed E-state index contributed by atoms with van der Waals surface area (Å²) >= 11 is 0. The molecule has 0 atom stereocenters. The maximum atomic E-state index is 10.8. The van der Waals surface area contributed by atoms with Crippen LogP contribution in [0, 0.1) is 0 Å². The number of hydrogen-bond acceptors (Lipinski definition) is 4. The van der Waals surface area contributed by atoms with Crippen LogP contribution in [-0.4, -0.2) is 15.9 Å². The molecule has 88 valence electrons. The molecule has 2 aromatic rings. The zero-order valence-corrected chi connectivity index (χ0v) is 9.86. The van der Waals surface area contributed by atoms with Gasteiger partial charge in [0.2, 0.25) is 0 Å². The molecule has 0 N–H and O–H groups in total. The van der Waals surface area contributed by atoms with Gasteiger partial charge in [0.1, 0.15) is 0 Å². The van der Waals surface area contributed by atoms with E-state index in [4.69, 9.17) is 0 Å². The molecule has 0 saturated heterocycles. The van der Waals surface area contributed by atoms with Gasteiger partial charge < -0.3 is 9.90 Å². The monoisotopic (exact) mass is 229 g/mol. The molecular weight excluding hydrogens is 216 g/mol. The standard InChI is InChI=1S/C13H14N2O2/c1-3-9-10(4-2)15-12-7-8(13(16)17)5-6-11(12)14-9/h5-7H,3-4H2,1-2H3,(H,16,17)/p-1. The van der Waals surface area contributed by atoms with Gasteiger partial charge >= 0.3 is 0 Å². The second-order valence-electron chi connectivity index (χ2n) is 3.82. The molecule has 0 radical (unpaired) electrons. The van der Waals surface area contributed by atoms with Crippen LogP contribution in [0.15, 0.2) is 18.2 Å². The minimum absolute atomic E-state index is 0.137. The van der Waals surface area contributed by atoms with E-state index in [1.54, 1.807) is 6.07 Å². The molecule has 2 rings (SSSR count). The third kappa shape index (κ3) is 2.11. The first-order valence-corrected chi connectivity index (χ1v) is 5.66. The number of hydrogen-bond donors (Lipinski definition) is 0. The number of carboxylic acid groups (broad SMARTS) is 1. The Balaban J connectivity index is 2.66. The second-order valence-corrected chi connectivity index (χ2v) is 3.82. The lowest BCUT2D eigenvalue weighted by Crippen LogP contribution is -2.22. The number of fused-ring (bicyclic) bond motifs is 1. The second kappa shape index (κ2) is 4.49. The van der Waals surface area contributed by atoms with E-state index in [0.717, 1.165) is 29.7 Å². The Hall–Kier alpha value is -1.97. The smallest absolute Gasteiger partial charge is 0.0896 e. The van der Waals surface area contributed by atoms with Crippen molar-refractivity contribution in [3.05, 3.63) is 35.2 Å². The average molecular weight is 229 g/mol. The molecular formula is C13H13N2O2-. The summed E-state index contributed by atoms with van der Waals surface area (Å²) in [5.74, 6) is -1.19. The number of carbonyl (C=O) groups is 1. The Bertz CT molecular complexity index is 579. The number of nitrogens with zero attached hydrogens (tertiary/aromatic N) is 2. The van der Waals surface area contributed by atoms with Crippen molar-refractivity contribution in [3.63, 3.8) is 0 Å². The molecule has 0 fully saturated rings. The van der Waals surface area contributed by atoms with E-state index in [1.165, 1.54) is 12.1 Å². The number of aromatic nitrogens is 2. The van der Waals surface area contributed by atoms with Crippen molar-refractivity contribution >= 4 is 17.0 Å².